The second-order valence-electron chi connectivity index (χ2n) is 9.25. The molecule has 2 aromatic carbocycles. The van der Waals surface area contributed by atoms with Crippen LogP contribution in [-0.2, 0) is 16.1 Å². The van der Waals surface area contributed by atoms with Gasteiger partial charge in [-0.1, -0.05) is 30.8 Å². The summed E-state index contributed by atoms with van der Waals surface area (Å²) in [6, 6.07) is 16.4. The normalized spacial score (nSPS) is 14.9. The summed E-state index contributed by atoms with van der Waals surface area (Å²) in [5.74, 6) is 0.444. The Morgan fingerprint density at radius 3 is 2.67 bits per heavy atom. The Morgan fingerprint density at radius 1 is 1.13 bits per heavy atom. The summed E-state index contributed by atoms with van der Waals surface area (Å²) in [6.07, 6.45) is 4.83. The van der Waals surface area contributed by atoms with Gasteiger partial charge in [0.05, 0.1) is 42.9 Å². The van der Waals surface area contributed by atoms with E-state index in [0.29, 0.717) is 42.9 Å². The number of carbonyl (C=O) groups excluding carboxylic acids is 2. The van der Waals surface area contributed by atoms with Crippen molar-refractivity contribution < 1.29 is 14.3 Å². The first-order chi connectivity index (χ1) is 19.0. The minimum atomic E-state index is -0.346. The van der Waals surface area contributed by atoms with E-state index < -0.39 is 0 Å². The van der Waals surface area contributed by atoms with Gasteiger partial charge in [0.2, 0.25) is 11.9 Å². The first kappa shape index (κ1) is 24.3. The molecule has 11 nitrogen and oxygen atoms in total. The van der Waals surface area contributed by atoms with Crippen LogP contribution in [0, 0.1) is 6.92 Å². The van der Waals surface area contributed by atoms with Crippen molar-refractivity contribution in [3.8, 4) is 0 Å². The number of nitrogens with one attached hydrogen (secondary N) is 2. The molecule has 3 amide bonds. The van der Waals surface area contributed by atoms with E-state index in [-0.39, 0.29) is 18.0 Å². The van der Waals surface area contributed by atoms with E-state index >= 15 is 0 Å². The highest BCUT2D eigenvalue weighted by Gasteiger charge is 2.34. The maximum atomic E-state index is 14.0. The topological polar surface area (TPSA) is 118 Å². The molecule has 0 aliphatic carbocycles. The summed E-state index contributed by atoms with van der Waals surface area (Å²) < 4.78 is 7.17. The number of para-hydroxylation sites is 1. The van der Waals surface area contributed by atoms with Crippen molar-refractivity contribution in [2.75, 3.05) is 33.6 Å². The van der Waals surface area contributed by atoms with Gasteiger partial charge >= 0.3 is 6.03 Å². The number of benzene rings is 2. The van der Waals surface area contributed by atoms with Gasteiger partial charge in [-0.15, -0.1) is 0 Å². The molecule has 2 aliphatic heterocycles. The van der Waals surface area contributed by atoms with Gasteiger partial charge < -0.3 is 15.4 Å². The molecule has 0 unspecified atom stereocenters. The van der Waals surface area contributed by atoms with Crippen LogP contribution in [-0.4, -0.2) is 44.9 Å². The number of nitrogens with zero attached hydrogens (tertiary/aromatic N) is 6. The predicted octanol–water partition coefficient (Wildman–Crippen LogP) is 4.70. The number of fused-ring (bicyclic) bond motifs is 1. The lowest BCUT2D eigenvalue weighted by Crippen LogP contribution is -2.45. The summed E-state index contributed by atoms with van der Waals surface area (Å²) in [5, 5.41) is 10.6. The van der Waals surface area contributed by atoms with E-state index in [4.69, 9.17) is 9.72 Å². The summed E-state index contributed by atoms with van der Waals surface area (Å²) >= 11 is 0. The zero-order chi connectivity index (χ0) is 26.9. The number of anilines is 6. The standard InChI is InChI=1S/C28H26N8O3/c1-3-25(37)30-20-8-7-11-22(12-20)36-26-19(14-34(28(36)38)21-9-5-4-6-10-21)13-29-27(32-26)31-24-15-35(33-18(24)2)23-16-39-17-23/h3-13,15,23H,1,14,16-17H2,2H3,(H,30,37)(H,29,31,32). The van der Waals surface area contributed by atoms with Gasteiger partial charge in [0.15, 0.2) is 5.82 Å². The molecule has 6 rings (SSSR count). The summed E-state index contributed by atoms with van der Waals surface area (Å²) in [7, 11) is 0. The van der Waals surface area contributed by atoms with Crippen LogP contribution in [0.5, 0.6) is 0 Å². The fraction of sp³-hybridized carbons (Fsp3) is 0.179. The second-order valence-corrected chi connectivity index (χ2v) is 9.25. The molecule has 4 heterocycles. The van der Waals surface area contributed by atoms with Crippen LogP contribution in [0.1, 0.15) is 17.3 Å². The Balaban J connectivity index is 1.39. The Kier molecular flexibility index (Phi) is 6.25. The van der Waals surface area contributed by atoms with Gasteiger partial charge in [-0.3, -0.25) is 14.4 Å². The van der Waals surface area contributed by atoms with Crippen LogP contribution in [0.3, 0.4) is 0 Å². The van der Waals surface area contributed by atoms with Crippen molar-refractivity contribution >= 4 is 46.5 Å². The number of aryl methyl sites for hydroxylation is 1. The molecule has 39 heavy (non-hydrogen) atoms. The minimum Gasteiger partial charge on any atom is -0.377 e. The van der Waals surface area contributed by atoms with Gasteiger partial charge in [0.25, 0.3) is 0 Å². The molecule has 1 fully saturated rings. The van der Waals surface area contributed by atoms with Crippen LogP contribution in [0.15, 0.2) is 79.6 Å². The molecule has 0 saturated carbocycles. The van der Waals surface area contributed by atoms with Crippen LogP contribution in [0.2, 0.25) is 0 Å². The van der Waals surface area contributed by atoms with Crippen molar-refractivity contribution in [2.45, 2.75) is 19.5 Å². The zero-order valence-electron chi connectivity index (χ0n) is 21.2. The quantitative estimate of drug-likeness (QED) is 0.338. The molecule has 1 saturated heterocycles. The van der Waals surface area contributed by atoms with Crippen molar-refractivity contribution in [1.29, 1.82) is 0 Å². The van der Waals surface area contributed by atoms with Crippen LogP contribution in [0.25, 0.3) is 0 Å². The Hall–Kier alpha value is -5.03. The monoisotopic (exact) mass is 522 g/mol. The van der Waals surface area contributed by atoms with E-state index in [1.807, 2.05) is 48.1 Å². The van der Waals surface area contributed by atoms with Gasteiger partial charge in [0, 0.05) is 29.3 Å². The number of carbonyl (C=O) groups is 2. The number of ether oxygens (including phenoxy) is 1. The maximum absolute atomic E-state index is 14.0. The average molecular weight is 523 g/mol. The maximum Gasteiger partial charge on any atom is 0.335 e. The number of rotatable bonds is 7. The Labute approximate surface area is 224 Å². The molecular weight excluding hydrogens is 496 g/mol. The highest BCUT2D eigenvalue weighted by Crippen LogP contribution is 2.37. The first-order valence-corrected chi connectivity index (χ1v) is 12.5. The zero-order valence-corrected chi connectivity index (χ0v) is 21.2. The third-order valence-corrected chi connectivity index (χ3v) is 6.59. The van der Waals surface area contributed by atoms with E-state index in [1.54, 1.807) is 35.4 Å². The molecule has 2 N–H and O–H groups in total. The van der Waals surface area contributed by atoms with Crippen molar-refractivity contribution in [1.82, 2.24) is 19.7 Å². The van der Waals surface area contributed by atoms with Crippen molar-refractivity contribution in [3.05, 3.63) is 90.9 Å². The molecule has 4 aromatic rings. The number of urea groups is 1. The average Bonchev–Trinajstić information content (AvgIpc) is 3.26. The Morgan fingerprint density at radius 2 is 1.92 bits per heavy atom. The highest BCUT2D eigenvalue weighted by atomic mass is 16.5. The fourth-order valence-corrected chi connectivity index (χ4v) is 4.46. The third kappa shape index (κ3) is 4.71. The number of hydrogen-bond donors (Lipinski definition) is 2. The number of amides is 3. The van der Waals surface area contributed by atoms with Gasteiger partial charge in [-0.25, -0.2) is 14.7 Å². The molecule has 0 bridgehead atoms. The molecule has 2 aliphatic rings. The largest absolute Gasteiger partial charge is 0.377 e. The SMILES string of the molecule is C=CC(=O)Nc1cccc(N2C(=O)N(c3ccccc3)Cc3cnc(Nc4cn(C5COC5)nc4C)nc32)c1. The molecule has 196 valence electrons. The third-order valence-electron chi connectivity index (χ3n) is 6.59. The molecule has 0 atom stereocenters. The van der Waals surface area contributed by atoms with E-state index in [1.165, 1.54) is 11.0 Å². The summed E-state index contributed by atoms with van der Waals surface area (Å²) in [5.41, 5.74) is 4.16. The highest BCUT2D eigenvalue weighted by molar-refractivity contribution is 6.10. The first-order valence-electron chi connectivity index (χ1n) is 12.5. The van der Waals surface area contributed by atoms with Gasteiger partial charge in [-0.05, 0) is 43.3 Å². The lowest BCUT2D eigenvalue weighted by Gasteiger charge is -2.36. The second kappa shape index (κ2) is 10.0. The van der Waals surface area contributed by atoms with Crippen molar-refractivity contribution in [2.24, 2.45) is 0 Å². The molecular formula is C28H26N8O3. The smallest absolute Gasteiger partial charge is 0.335 e. The van der Waals surface area contributed by atoms with E-state index in [0.717, 1.165) is 22.6 Å². The van der Waals surface area contributed by atoms with E-state index in [2.05, 4.69) is 27.3 Å². The number of hydrogen-bond acceptors (Lipinski definition) is 7. The summed E-state index contributed by atoms with van der Waals surface area (Å²) in [4.78, 5) is 38.4. The van der Waals surface area contributed by atoms with Gasteiger partial charge in [-0.2, -0.15) is 10.1 Å². The fourth-order valence-electron chi connectivity index (χ4n) is 4.46. The molecule has 2 aromatic heterocycles. The van der Waals surface area contributed by atoms with E-state index in [9.17, 15) is 9.59 Å². The molecule has 0 spiro atoms. The lowest BCUT2D eigenvalue weighted by molar-refractivity contribution is -0.111. The van der Waals surface area contributed by atoms with Crippen LogP contribution >= 0.6 is 0 Å². The molecule has 11 heteroatoms. The number of aromatic nitrogens is 4. The van der Waals surface area contributed by atoms with Crippen molar-refractivity contribution in [3.63, 3.8) is 0 Å². The predicted molar refractivity (Wildman–Crippen MR) is 148 cm³/mol. The lowest BCUT2D eigenvalue weighted by atomic mass is 10.1. The van der Waals surface area contributed by atoms with Crippen LogP contribution in [0.4, 0.5) is 39.3 Å². The van der Waals surface area contributed by atoms with Gasteiger partial charge in [0.1, 0.15) is 0 Å². The van der Waals surface area contributed by atoms with Crippen LogP contribution < -0.4 is 20.4 Å². The Bertz CT molecular complexity index is 1560. The summed E-state index contributed by atoms with van der Waals surface area (Å²) in [6.45, 7) is 6.99. The molecule has 0 radical (unpaired) electrons. The minimum absolute atomic E-state index is 0.217.